The summed E-state index contributed by atoms with van der Waals surface area (Å²) >= 11 is 0. The Morgan fingerprint density at radius 1 is 0.962 bits per heavy atom. The molecule has 3 heterocycles. The van der Waals surface area contributed by atoms with Crippen LogP contribution in [0.5, 0.6) is 0 Å². The number of piperidine rings is 1. The van der Waals surface area contributed by atoms with E-state index >= 15 is 0 Å². The molecule has 4 rings (SSSR count). The monoisotopic (exact) mass is 348 g/mol. The number of pyridine rings is 1. The minimum atomic E-state index is -0.238. The zero-order valence-electron chi connectivity index (χ0n) is 14.6. The minimum Gasteiger partial charge on any atom is -0.297 e. The lowest BCUT2D eigenvalue weighted by molar-refractivity contribution is 0.196. The smallest absolute Gasteiger partial charge is 0.123 e. The van der Waals surface area contributed by atoms with E-state index in [9.17, 15) is 4.39 Å². The van der Waals surface area contributed by atoms with Crippen molar-refractivity contribution >= 4 is 0 Å². The standard InChI is InChI=1S/C21H21FN4/c22-18-8-6-16(7-9-18)20-21(25-12-11-24-20)17-4-3-13-26(14-17)15-19-5-1-2-10-23-19/h1-2,5-12,17H,3-4,13-15H2/t17-/m0/s1. The molecule has 1 aliphatic heterocycles. The molecule has 0 amide bonds. The molecule has 0 N–H and O–H groups in total. The van der Waals surface area contributed by atoms with Crippen molar-refractivity contribution in [2.24, 2.45) is 0 Å². The molecule has 2 aromatic heterocycles. The zero-order chi connectivity index (χ0) is 17.8. The predicted molar refractivity (Wildman–Crippen MR) is 98.9 cm³/mol. The second kappa shape index (κ2) is 7.70. The average Bonchev–Trinajstić information content (AvgIpc) is 2.70. The van der Waals surface area contributed by atoms with Crippen molar-refractivity contribution in [3.8, 4) is 11.3 Å². The lowest BCUT2D eigenvalue weighted by atomic mass is 9.91. The SMILES string of the molecule is Fc1ccc(-c2nccnc2[C@H]2CCCN(Cc3ccccn3)C2)cc1. The fraction of sp³-hybridized carbons (Fsp3) is 0.286. The van der Waals surface area contributed by atoms with Crippen molar-refractivity contribution in [1.82, 2.24) is 19.9 Å². The van der Waals surface area contributed by atoms with Gasteiger partial charge < -0.3 is 0 Å². The fourth-order valence-corrected chi connectivity index (χ4v) is 3.62. The minimum absolute atomic E-state index is 0.238. The van der Waals surface area contributed by atoms with E-state index in [0.29, 0.717) is 5.92 Å². The van der Waals surface area contributed by atoms with Crippen LogP contribution in [0.1, 0.15) is 30.1 Å². The Morgan fingerprint density at radius 3 is 2.62 bits per heavy atom. The van der Waals surface area contributed by atoms with Crippen LogP contribution in [-0.2, 0) is 6.54 Å². The van der Waals surface area contributed by atoms with Crippen molar-refractivity contribution < 1.29 is 4.39 Å². The van der Waals surface area contributed by atoms with Gasteiger partial charge in [0.15, 0.2) is 0 Å². The third-order valence-corrected chi connectivity index (χ3v) is 4.85. The third kappa shape index (κ3) is 3.78. The summed E-state index contributed by atoms with van der Waals surface area (Å²) in [4.78, 5) is 16.1. The molecule has 1 atom stereocenters. The summed E-state index contributed by atoms with van der Waals surface area (Å²) in [7, 11) is 0. The van der Waals surface area contributed by atoms with Crippen molar-refractivity contribution in [1.29, 1.82) is 0 Å². The van der Waals surface area contributed by atoms with Crippen molar-refractivity contribution in [2.45, 2.75) is 25.3 Å². The predicted octanol–water partition coefficient (Wildman–Crippen LogP) is 4.06. The molecule has 5 heteroatoms. The molecule has 0 spiro atoms. The Hall–Kier alpha value is -2.66. The first-order valence-electron chi connectivity index (χ1n) is 8.99. The number of aromatic nitrogens is 3. The number of benzene rings is 1. The van der Waals surface area contributed by atoms with Crippen molar-refractivity contribution in [2.75, 3.05) is 13.1 Å². The van der Waals surface area contributed by atoms with E-state index in [-0.39, 0.29) is 5.82 Å². The van der Waals surface area contributed by atoms with Crippen LogP contribution in [0.2, 0.25) is 0 Å². The Balaban J connectivity index is 1.56. The largest absolute Gasteiger partial charge is 0.297 e. The Kier molecular flexibility index (Phi) is 4.97. The molecule has 1 aromatic carbocycles. The summed E-state index contributed by atoms with van der Waals surface area (Å²) in [6, 6.07) is 12.5. The molecule has 0 unspecified atom stereocenters. The van der Waals surface area contributed by atoms with E-state index in [0.717, 1.165) is 55.1 Å². The number of hydrogen-bond acceptors (Lipinski definition) is 4. The first kappa shape index (κ1) is 16.8. The molecule has 4 nitrogen and oxygen atoms in total. The zero-order valence-corrected chi connectivity index (χ0v) is 14.6. The van der Waals surface area contributed by atoms with Crippen LogP contribution >= 0.6 is 0 Å². The lowest BCUT2D eigenvalue weighted by Crippen LogP contribution is -2.34. The van der Waals surface area contributed by atoms with Crippen LogP contribution in [0.25, 0.3) is 11.3 Å². The summed E-state index contributed by atoms with van der Waals surface area (Å²) in [5.74, 6) is 0.0830. The van der Waals surface area contributed by atoms with E-state index in [1.54, 1.807) is 24.5 Å². The molecule has 0 bridgehead atoms. The summed E-state index contributed by atoms with van der Waals surface area (Å²) in [6.07, 6.45) is 7.51. The van der Waals surface area contributed by atoms with Gasteiger partial charge in [0, 0.05) is 43.2 Å². The van der Waals surface area contributed by atoms with E-state index < -0.39 is 0 Å². The first-order chi connectivity index (χ1) is 12.8. The normalized spacial score (nSPS) is 18.0. The molecule has 1 aliphatic rings. The van der Waals surface area contributed by atoms with Crippen LogP contribution < -0.4 is 0 Å². The van der Waals surface area contributed by atoms with E-state index in [2.05, 4.69) is 25.9 Å². The number of hydrogen-bond donors (Lipinski definition) is 0. The molecule has 0 aliphatic carbocycles. The van der Waals surface area contributed by atoms with Gasteiger partial charge in [-0.25, -0.2) is 4.39 Å². The van der Waals surface area contributed by atoms with Gasteiger partial charge in [0.1, 0.15) is 5.82 Å². The summed E-state index contributed by atoms with van der Waals surface area (Å²) in [5, 5.41) is 0. The van der Waals surface area contributed by atoms with Gasteiger partial charge in [-0.2, -0.15) is 0 Å². The first-order valence-corrected chi connectivity index (χ1v) is 8.99. The number of rotatable bonds is 4. The molecule has 3 aromatic rings. The van der Waals surface area contributed by atoms with Crippen LogP contribution in [0, 0.1) is 5.82 Å². The van der Waals surface area contributed by atoms with Gasteiger partial charge in [-0.05, 0) is 55.8 Å². The van der Waals surface area contributed by atoms with Crippen molar-refractivity contribution in [3.63, 3.8) is 0 Å². The van der Waals surface area contributed by atoms with Crippen molar-refractivity contribution in [3.05, 3.63) is 78.3 Å². The Labute approximate surface area is 152 Å². The second-order valence-electron chi connectivity index (χ2n) is 6.69. The summed E-state index contributed by atoms with van der Waals surface area (Å²) in [5.41, 5.74) is 3.87. The molecular weight excluding hydrogens is 327 g/mol. The third-order valence-electron chi connectivity index (χ3n) is 4.85. The van der Waals surface area contributed by atoms with Gasteiger partial charge in [0.05, 0.1) is 17.1 Å². The highest BCUT2D eigenvalue weighted by Crippen LogP contribution is 2.32. The fourth-order valence-electron chi connectivity index (χ4n) is 3.62. The summed E-state index contributed by atoms with van der Waals surface area (Å²) < 4.78 is 13.3. The van der Waals surface area contributed by atoms with Gasteiger partial charge in [-0.3, -0.25) is 19.9 Å². The number of likely N-dealkylation sites (tertiary alicyclic amines) is 1. The number of halogens is 1. The van der Waals surface area contributed by atoms with Gasteiger partial charge in [0.2, 0.25) is 0 Å². The maximum Gasteiger partial charge on any atom is 0.123 e. The van der Waals surface area contributed by atoms with E-state index in [4.69, 9.17) is 0 Å². The molecule has 0 saturated carbocycles. The molecule has 1 saturated heterocycles. The molecule has 26 heavy (non-hydrogen) atoms. The van der Waals surface area contributed by atoms with Crippen LogP contribution in [0.15, 0.2) is 61.1 Å². The topological polar surface area (TPSA) is 41.9 Å². The molecular formula is C21H21FN4. The molecule has 132 valence electrons. The maximum atomic E-state index is 13.3. The van der Waals surface area contributed by atoms with Gasteiger partial charge >= 0.3 is 0 Å². The Morgan fingerprint density at radius 2 is 1.81 bits per heavy atom. The maximum absolute atomic E-state index is 13.3. The summed E-state index contributed by atoms with van der Waals surface area (Å²) in [6.45, 7) is 2.85. The van der Waals surface area contributed by atoms with E-state index in [1.807, 2.05) is 18.3 Å². The molecule has 1 fully saturated rings. The lowest BCUT2D eigenvalue weighted by Gasteiger charge is -2.32. The Bertz CT molecular complexity index is 851. The quantitative estimate of drug-likeness (QED) is 0.713. The highest BCUT2D eigenvalue weighted by Gasteiger charge is 2.25. The second-order valence-corrected chi connectivity index (χ2v) is 6.69. The number of nitrogens with zero attached hydrogens (tertiary/aromatic N) is 4. The van der Waals surface area contributed by atoms with Gasteiger partial charge in [-0.15, -0.1) is 0 Å². The van der Waals surface area contributed by atoms with Gasteiger partial charge in [-0.1, -0.05) is 6.07 Å². The highest BCUT2D eigenvalue weighted by molar-refractivity contribution is 5.62. The van der Waals surface area contributed by atoms with E-state index in [1.165, 1.54) is 12.1 Å². The molecule has 0 radical (unpaired) electrons. The van der Waals surface area contributed by atoms with Crippen LogP contribution in [0.3, 0.4) is 0 Å². The van der Waals surface area contributed by atoms with Crippen LogP contribution in [-0.4, -0.2) is 32.9 Å². The van der Waals surface area contributed by atoms with Gasteiger partial charge in [0.25, 0.3) is 0 Å². The highest BCUT2D eigenvalue weighted by atomic mass is 19.1. The average molecular weight is 348 g/mol. The van der Waals surface area contributed by atoms with Crippen LogP contribution in [0.4, 0.5) is 4.39 Å².